The van der Waals surface area contributed by atoms with Crippen LogP contribution in [0.15, 0.2) is 47.4 Å². The number of nitrogens with zero attached hydrogens (tertiary/aromatic N) is 1. The van der Waals surface area contributed by atoms with E-state index in [1.807, 2.05) is 0 Å². The van der Waals surface area contributed by atoms with Gasteiger partial charge in [-0.2, -0.15) is 26.3 Å². The number of carbonyl (C=O) groups is 1. The van der Waals surface area contributed by atoms with E-state index in [2.05, 4.69) is 5.32 Å². The molecule has 41 heavy (non-hydrogen) atoms. The molecule has 0 fully saturated rings. The van der Waals surface area contributed by atoms with Crippen LogP contribution in [-0.4, -0.2) is 55.6 Å². The summed E-state index contributed by atoms with van der Waals surface area (Å²) in [6, 6.07) is 3.19. The van der Waals surface area contributed by atoms with Crippen molar-refractivity contribution in [2.75, 3.05) is 10.9 Å². The van der Waals surface area contributed by atoms with Crippen LogP contribution < -0.4 is 9.62 Å². The van der Waals surface area contributed by atoms with E-state index in [4.69, 9.17) is 0 Å². The Morgan fingerprint density at radius 1 is 1.02 bits per heavy atom. The van der Waals surface area contributed by atoms with Crippen molar-refractivity contribution in [1.82, 2.24) is 5.32 Å². The summed E-state index contributed by atoms with van der Waals surface area (Å²) in [5, 5.41) is 22.1. The number of fused-ring (bicyclic) bond motifs is 1. The molecule has 1 aliphatic rings. The van der Waals surface area contributed by atoms with Gasteiger partial charge in [0.1, 0.15) is 5.82 Å². The lowest BCUT2D eigenvalue weighted by molar-refractivity contribution is -0.376. The maximum atomic E-state index is 13.7. The Bertz CT molecular complexity index is 1360. The highest BCUT2D eigenvalue weighted by molar-refractivity contribution is 7.92. The Labute approximate surface area is 232 Å². The van der Waals surface area contributed by atoms with Gasteiger partial charge in [-0.1, -0.05) is 32.9 Å². The summed E-state index contributed by atoms with van der Waals surface area (Å²) < 4.78 is 123. The zero-order valence-corrected chi connectivity index (χ0v) is 23.0. The number of aliphatic hydroxyl groups excluding tert-OH is 1. The third-order valence-electron chi connectivity index (χ3n) is 6.99. The second-order valence-corrected chi connectivity index (χ2v) is 12.7. The maximum absolute atomic E-state index is 13.7. The molecule has 228 valence electrons. The Morgan fingerprint density at radius 2 is 1.59 bits per heavy atom. The van der Waals surface area contributed by atoms with E-state index >= 15 is 0 Å². The van der Waals surface area contributed by atoms with Crippen molar-refractivity contribution in [3.05, 3.63) is 59.4 Å². The van der Waals surface area contributed by atoms with Gasteiger partial charge in [0.25, 0.3) is 15.6 Å². The molecular weight excluding hydrogens is 585 g/mol. The van der Waals surface area contributed by atoms with E-state index in [-0.39, 0.29) is 24.1 Å². The van der Waals surface area contributed by atoms with Crippen LogP contribution in [0.1, 0.15) is 44.7 Å². The third kappa shape index (κ3) is 6.31. The predicted molar refractivity (Wildman–Crippen MR) is 134 cm³/mol. The van der Waals surface area contributed by atoms with Crippen molar-refractivity contribution in [3.8, 4) is 0 Å². The first-order valence-corrected chi connectivity index (χ1v) is 13.8. The zero-order valence-electron chi connectivity index (χ0n) is 22.1. The van der Waals surface area contributed by atoms with Gasteiger partial charge in [0, 0.05) is 12.0 Å². The number of nitrogens with one attached hydrogen (secondary N) is 1. The van der Waals surface area contributed by atoms with Crippen molar-refractivity contribution in [2.45, 2.75) is 75.0 Å². The summed E-state index contributed by atoms with van der Waals surface area (Å²) in [5.74, 6) is -1.42. The first kappa shape index (κ1) is 32.6. The van der Waals surface area contributed by atoms with Gasteiger partial charge in [-0.15, -0.1) is 0 Å². The Morgan fingerprint density at radius 3 is 2.07 bits per heavy atom. The van der Waals surface area contributed by atoms with Crippen LogP contribution in [0.2, 0.25) is 0 Å². The predicted octanol–water partition coefficient (Wildman–Crippen LogP) is 4.56. The van der Waals surface area contributed by atoms with E-state index in [1.165, 1.54) is 0 Å². The minimum absolute atomic E-state index is 0.194. The molecule has 2 aromatic carbocycles. The van der Waals surface area contributed by atoms with Crippen LogP contribution in [0.5, 0.6) is 0 Å². The summed E-state index contributed by atoms with van der Waals surface area (Å²) in [7, 11) is -4.62. The molecule has 1 heterocycles. The summed E-state index contributed by atoms with van der Waals surface area (Å²) in [5.41, 5.74) is -7.91. The fraction of sp³-hybridized carbons (Fsp3) is 0.500. The lowest BCUT2D eigenvalue weighted by atomic mass is 9.86. The molecular formula is C26H29F7N2O5S. The average Bonchev–Trinajstić information content (AvgIpc) is 2.84. The molecule has 3 rings (SSSR count). The summed E-state index contributed by atoms with van der Waals surface area (Å²) >= 11 is 0. The summed E-state index contributed by atoms with van der Waals surface area (Å²) in [4.78, 5) is 12.5. The van der Waals surface area contributed by atoms with E-state index < -0.39 is 80.7 Å². The second-order valence-electron chi connectivity index (χ2n) is 10.9. The molecule has 0 unspecified atom stereocenters. The topological polar surface area (TPSA) is 107 Å². The van der Waals surface area contributed by atoms with Crippen LogP contribution in [0.4, 0.5) is 36.4 Å². The molecule has 0 radical (unpaired) electrons. The molecule has 3 N–H and O–H groups in total. The van der Waals surface area contributed by atoms with Crippen molar-refractivity contribution >= 4 is 21.6 Å². The smallest absolute Gasteiger partial charge is 0.394 e. The van der Waals surface area contributed by atoms with Crippen molar-refractivity contribution in [3.63, 3.8) is 0 Å². The van der Waals surface area contributed by atoms with E-state index in [0.29, 0.717) is 22.5 Å². The number of anilines is 1. The Hall–Kier alpha value is -2.91. The third-order valence-corrected chi connectivity index (χ3v) is 8.87. The van der Waals surface area contributed by atoms with Gasteiger partial charge in [-0.3, -0.25) is 9.10 Å². The molecule has 0 aromatic heterocycles. The standard InChI is InChI=1S/C26H29F7N2O5S/c1-23(2,3)21(14-36)34-22(37)13-18-8-4-15-12-16(24(38,25(28,29)30)26(31,32)33)5-11-20(15)35(18)41(39,40)19-9-6-17(27)7-10-19/h5-7,9-12,18,21,36,38H,4,8,13-14H2,1-3H3,(H,34,37)/t18-,21+/m0/s1. The number of benzene rings is 2. The van der Waals surface area contributed by atoms with Gasteiger partial charge in [0.2, 0.25) is 5.91 Å². The quantitative estimate of drug-likeness (QED) is 0.397. The van der Waals surface area contributed by atoms with Crippen molar-refractivity contribution in [2.24, 2.45) is 5.41 Å². The lowest BCUT2D eigenvalue weighted by Crippen LogP contribution is -2.54. The number of rotatable bonds is 7. The number of carbonyl (C=O) groups excluding carboxylic acids is 1. The van der Waals surface area contributed by atoms with Crippen LogP contribution >= 0.6 is 0 Å². The van der Waals surface area contributed by atoms with E-state index in [0.717, 1.165) is 24.3 Å². The second kappa shape index (κ2) is 11.1. The van der Waals surface area contributed by atoms with Gasteiger partial charge in [-0.05, 0) is 54.2 Å². The number of alkyl halides is 6. The minimum atomic E-state index is -6.15. The first-order chi connectivity index (χ1) is 18.6. The molecule has 0 saturated heterocycles. The number of hydrogen-bond donors (Lipinski definition) is 3. The Kier molecular flexibility index (Phi) is 8.79. The highest BCUT2D eigenvalue weighted by Gasteiger charge is 2.71. The van der Waals surface area contributed by atoms with Crippen LogP contribution in [0, 0.1) is 11.2 Å². The van der Waals surface area contributed by atoms with E-state index in [1.54, 1.807) is 20.8 Å². The number of aryl methyl sites for hydroxylation is 1. The number of hydrogen-bond acceptors (Lipinski definition) is 5. The molecule has 1 amide bonds. The molecule has 1 aliphatic heterocycles. The monoisotopic (exact) mass is 614 g/mol. The van der Waals surface area contributed by atoms with Crippen LogP contribution in [0.25, 0.3) is 0 Å². The lowest BCUT2D eigenvalue weighted by Gasteiger charge is -2.39. The van der Waals surface area contributed by atoms with Gasteiger partial charge >= 0.3 is 12.4 Å². The molecule has 0 aliphatic carbocycles. The highest BCUT2D eigenvalue weighted by atomic mass is 32.2. The Balaban J connectivity index is 2.13. The molecule has 0 bridgehead atoms. The molecule has 0 saturated carbocycles. The average molecular weight is 615 g/mol. The van der Waals surface area contributed by atoms with Gasteiger partial charge in [0.15, 0.2) is 0 Å². The minimum Gasteiger partial charge on any atom is -0.394 e. The van der Waals surface area contributed by atoms with Crippen LogP contribution in [0.3, 0.4) is 0 Å². The molecule has 2 aromatic rings. The van der Waals surface area contributed by atoms with E-state index in [9.17, 15) is 54.2 Å². The van der Waals surface area contributed by atoms with Gasteiger partial charge in [0.05, 0.1) is 29.3 Å². The van der Waals surface area contributed by atoms with Gasteiger partial charge < -0.3 is 15.5 Å². The van der Waals surface area contributed by atoms with Crippen molar-refractivity contribution in [1.29, 1.82) is 0 Å². The van der Waals surface area contributed by atoms with Crippen molar-refractivity contribution < 1.29 is 54.2 Å². The fourth-order valence-electron chi connectivity index (χ4n) is 4.58. The normalized spacial score (nSPS) is 17.7. The summed E-state index contributed by atoms with van der Waals surface area (Å²) in [6.45, 7) is 4.81. The van der Waals surface area contributed by atoms with Gasteiger partial charge in [-0.25, -0.2) is 12.8 Å². The number of sulfonamides is 1. The largest absolute Gasteiger partial charge is 0.430 e. The number of amides is 1. The number of aliphatic hydroxyl groups is 2. The molecule has 0 spiro atoms. The summed E-state index contributed by atoms with van der Waals surface area (Å²) in [6.07, 6.45) is -13.2. The first-order valence-electron chi connectivity index (χ1n) is 12.3. The zero-order chi connectivity index (χ0) is 31.2. The number of halogens is 7. The molecule has 2 atom stereocenters. The molecule has 7 nitrogen and oxygen atoms in total. The van der Waals surface area contributed by atoms with Crippen LogP contribution in [-0.2, 0) is 26.8 Å². The molecule has 15 heteroatoms. The highest BCUT2D eigenvalue weighted by Crippen LogP contribution is 2.51. The maximum Gasteiger partial charge on any atom is 0.430 e. The fourth-order valence-corrected chi connectivity index (χ4v) is 6.30. The SMILES string of the molecule is CC(C)(C)[C@@H](CO)NC(=O)C[C@@H]1CCc2cc(C(O)(C(F)(F)F)C(F)(F)F)ccc2N1S(=O)(=O)c1ccc(F)cc1.